The van der Waals surface area contributed by atoms with Crippen molar-refractivity contribution in [2.45, 2.75) is 0 Å². The molecule has 1 aliphatic rings. The number of rotatable bonds is 6. The highest BCUT2D eigenvalue weighted by molar-refractivity contribution is 7.92. The largest absolute Gasteiger partial charge is 0.378 e. The van der Waals surface area contributed by atoms with Crippen LogP contribution in [0.5, 0.6) is 0 Å². The van der Waals surface area contributed by atoms with E-state index in [9.17, 15) is 22.4 Å². The van der Waals surface area contributed by atoms with Gasteiger partial charge in [0.05, 0.1) is 25.2 Å². The summed E-state index contributed by atoms with van der Waals surface area (Å²) in [4.78, 5) is 26.5. The van der Waals surface area contributed by atoms with E-state index in [0.29, 0.717) is 37.6 Å². The fourth-order valence-electron chi connectivity index (χ4n) is 2.98. The van der Waals surface area contributed by atoms with Crippen molar-refractivity contribution in [3.05, 3.63) is 59.9 Å². The predicted octanol–water partition coefficient (Wildman–Crippen LogP) is 1.70. The van der Waals surface area contributed by atoms with Gasteiger partial charge in [0.2, 0.25) is 15.9 Å². The number of sulfonamides is 1. The minimum atomic E-state index is -3.76. The van der Waals surface area contributed by atoms with Crippen molar-refractivity contribution in [1.29, 1.82) is 0 Å². The summed E-state index contributed by atoms with van der Waals surface area (Å²) in [5, 5.41) is 2.53. The van der Waals surface area contributed by atoms with Crippen LogP contribution in [0.4, 0.5) is 15.8 Å². The molecular weight excluding hydrogens is 413 g/mol. The van der Waals surface area contributed by atoms with E-state index < -0.39 is 28.3 Å². The first kappa shape index (κ1) is 21.7. The predicted molar refractivity (Wildman–Crippen MR) is 110 cm³/mol. The lowest BCUT2D eigenvalue weighted by molar-refractivity contribution is -0.114. The monoisotopic (exact) mass is 435 g/mol. The quantitative estimate of drug-likeness (QED) is 0.745. The molecule has 3 rings (SSSR count). The molecule has 10 heteroatoms. The van der Waals surface area contributed by atoms with Crippen LogP contribution >= 0.6 is 0 Å². The maximum Gasteiger partial charge on any atom is 0.254 e. The first-order valence-corrected chi connectivity index (χ1v) is 11.1. The molecule has 1 heterocycles. The Bertz CT molecular complexity index is 1000. The number of nitrogens with one attached hydrogen (secondary N) is 1. The summed E-state index contributed by atoms with van der Waals surface area (Å²) in [5.41, 5.74) is 1.02. The van der Waals surface area contributed by atoms with Crippen molar-refractivity contribution >= 4 is 33.2 Å². The first-order valence-electron chi connectivity index (χ1n) is 9.24. The molecule has 0 saturated carbocycles. The van der Waals surface area contributed by atoms with E-state index in [1.165, 1.54) is 48.5 Å². The minimum Gasteiger partial charge on any atom is -0.378 e. The second-order valence-corrected chi connectivity index (χ2v) is 8.68. The highest BCUT2D eigenvalue weighted by Crippen LogP contribution is 2.20. The molecule has 2 aromatic carbocycles. The lowest BCUT2D eigenvalue weighted by atomic mass is 10.1. The van der Waals surface area contributed by atoms with Crippen LogP contribution in [0.15, 0.2) is 48.5 Å². The summed E-state index contributed by atoms with van der Waals surface area (Å²) in [7, 11) is -3.76. The highest BCUT2D eigenvalue weighted by Gasteiger charge is 2.23. The van der Waals surface area contributed by atoms with Gasteiger partial charge >= 0.3 is 0 Å². The molecule has 0 aromatic heterocycles. The maximum absolute atomic E-state index is 13.0. The summed E-state index contributed by atoms with van der Waals surface area (Å²) in [6.45, 7) is 1.50. The minimum absolute atomic E-state index is 0.162. The SMILES string of the molecule is CS(=O)(=O)N(CC(=O)Nc1ccc(F)cc1)c1ccc(C(=O)N2CCOCC2)cc1. The Morgan fingerprint density at radius 2 is 1.67 bits per heavy atom. The van der Waals surface area contributed by atoms with Crippen LogP contribution in [0.3, 0.4) is 0 Å². The number of carbonyl (C=O) groups excluding carboxylic acids is 2. The Kier molecular flexibility index (Phi) is 6.68. The van der Waals surface area contributed by atoms with E-state index in [0.717, 1.165) is 10.6 Å². The number of amides is 2. The number of benzene rings is 2. The van der Waals surface area contributed by atoms with Crippen LogP contribution in [0.1, 0.15) is 10.4 Å². The lowest BCUT2D eigenvalue weighted by Crippen LogP contribution is -2.40. The Hall–Kier alpha value is -2.98. The third-order valence-electron chi connectivity index (χ3n) is 4.52. The van der Waals surface area contributed by atoms with E-state index in [-0.39, 0.29) is 11.6 Å². The van der Waals surface area contributed by atoms with Crippen molar-refractivity contribution < 1.29 is 27.1 Å². The molecule has 2 aromatic rings. The Morgan fingerprint density at radius 1 is 1.07 bits per heavy atom. The number of carbonyl (C=O) groups is 2. The molecule has 0 radical (unpaired) electrons. The Morgan fingerprint density at radius 3 is 2.23 bits per heavy atom. The molecule has 1 saturated heterocycles. The van der Waals surface area contributed by atoms with Crippen molar-refractivity contribution in [3.8, 4) is 0 Å². The molecule has 0 aliphatic carbocycles. The number of hydrogen-bond acceptors (Lipinski definition) is 5. The lowest BCUT2D eigenvalue weighted by Gasteiger charge is -2.27. The average molecular weight is 435 g/mol. The van der Waals surface area contributed by atoms with Crippen LogP contribution in [-0.4, -0.2) is 64.2 Å². The summed E-state index contributed by atoms with van der Waals surface area (Å²) >= 11 is 0. The number of halogens is 1. The third-order valence-corrected chi connectivity index (χ3v) is 5.66. The molecule has 1 fully saturated rings. The topological polar surface area (TPSA) is 96.0 Å². The van der Waals surface area contributed by atoms with Gasteiger partial charge in [-0.1, -0.05) is 0 Å². The average Bonchev–Trinajstić information content (AvgIpc) is 2.73. The van der Waals surface area contributed by atoms with Crippen molar-refractivity contribution in [3.63, 3.8) is 0 Å². The molecule has 0 spiro atoms. The summed E-state index contributed by atoms with van der Waals surface area (Å²) in [5.74, 6) is -1.19. The molecule has 2 amide bonds. The van der Waals surface area contributed by atoms with Gasteiger partial charge in [-0.2, -0.15) is 0 Å². The van der Waals surface area contributed by atoms with Gasteiger partial charge < -0.3 is 15.0 Å². The highest BCUT2D eigenvalue weighted by atomic mass is 32.2. The third kappa shape index (κ3) is 5.55. The van der Waals surface area contributed by atoms with Crippen LogP contribution in [0, 0.1) is 5.82 Å². The molecule has 0 atom stereocenters. The zero-order valence-electron chi connectivity index (χ0n) is 16.4. The van der Waals surface area contributed by atoms with E-state index in [1.807, 2.05) is 0 Å². The standard InChI is InChI=1S/C20H22FN3O5S/c1-30(27,28)24(14-19(25)22-17-6-4-16(21)5-7-17)18-8-2-15(3-9-18)20(26)23-10-12-29-13-11-23/h2-9H,10-14H2,1H3,(H,22,25). The Balaban J connectivity index is 1.72. The number of ether oxygens (including phenoxy) is 1. The second-order valence-electron chi connectivity index (χ2n) is 6.78. The fourth-order valence-corrected chi connectivity index (χ4v) is 3.84. The molecule has 30 heavy (non-hydrogen) atoms. The van der Waals surface area contributed by atoms with Crippen LogP contribution in [-0.2, 0) is 19.6 Å². The number of anilines is 2. The molecule has 1 N–H and O–H groups in total. The van der Waals surface area contributed by atoms with Gasteiger partial charge in [0.1, 0.15) is 12.4 Å². The number of hydrogen-bond donors (Lipinski definition) is 1. The molecule has 160 valence electrons. The maximum atomic E-state index is 13.0. The zero-order valence-corrected chi connectivity index (χ0v) is 17.2. The smallest absolute Gasteiger partial charge is 0.254 e. The van der Waals surface area contributed by atoms with E-state index in [4.69, 9.17) is 4.74 Å². The molecule has 0 unspecified atom stereocenters. The summed E-state index contributed by atoms with van der Waals surface area (Å²) in [6.07, 6.45) is 0.991. The van der Waals surface area contributed by atoms with Crippen LogP contribution in [0.2, 0.25) is 0 Å². The molecule has 1 aliphatic heterocycles. The summed E-state index contributed by atoms with van der Waals surface area (Å²) < 4.78 is 43.6. The van der Waals surface area contributed by atoms with Crippen molar-refractivity contribution in [2.75, 3.05) is 48.7 Å². The normalized spacial score (nSPS) is 14.3. The van der Waals surface area contributed by atoms with Crippen molar-refractivity contribution in [2.24, 2.45) is 0 Å². The number of morpholine rings is 1. The van der Waals surface area contributed by atoms with Gasteiger partial charge in [0.15, 0.2) is 0 Å². The van der Waals surface area contributed by atoms with Crippen LogP contribution in [0.25, 0.3) is 0 Å². The van der Waals surface area contributed by atoms with Gasteiger partial charge in [0.25, 0.3) is 5.91 Å². The Labute approximate surface area is 174 Å². The van der Waals surface area contributed by atoms with Gasteiger partial charge in [-0.25, -0.2) is 12.8 Å². The van der Waals surface area contributed by atoms with Gasteiger partial charge in [-0.05, 0) is 48.5 Å². The van der Waals surface area contributed by atoms with Gasteiger partial charge in [-0.15, -0.1) is 0 Å². The summed E-state index contributed by atoms with van der Waals surface area (Å²) in [6, 6.07) is 11.2. The van der Waals surface area contributed by atoms with Crippen molar-refractivity contribution in [1.82, 2.24) is 4.90 Å². The molecular formula is C20H22FN3O5S. The van der Waals surface area contributed by atoms with E-state index in [1.54, 1.807) is 4.90 Å². The van der Waals surface area contributed by atoms with Crippen LogP contribution < -0.4 is 9.62 Å². The molecule has 0 bridgehead atoms. The van der Waals surface area contributed by atoms with E-state index in [2.05, 4.69) is 5.32 Å². The molecule has 8 nitrogen and oxygen atoms in total. The van der Waals surface area contributed by atoms with Gasteiger partial charge in [0, 0.05) is 24.3 Å². The number of nitrogens with zero attached hydrogens (tertiary/aromatic N) is 2. The zero-order chi connectivity index (χ0) is 21.7. The van der Waals surface area contributed by atoms with E-state index >= 15 is 0 Å². The second kappa shape index (κ2) is 9.23. The first-order chi connectivity index (χ1) is 14.2. The fraction of sp³-hybridized carbons (Fsp3) is 0.300. The van der Waals surface area contributed by atoms with Gasteiger partial charge in [-0.3, -0.25) is 13.9 Å².